The van der Waals surface area contributed by atoms with Crippen LogP contribution in [-0.4, -0.2) is 49.5 Å². The molecule has 2 rings (SSSR count). The Labute approximate surface area is 140 Å². The zero-order chi connectivity index (χ0) is 17.4. The van der Waals surface area contributed by atoms with E-state index in [9.17, 15) is 13.9 Å². The summed E-state index contributed by atoms with van der Waals surface area (Å²) < 4.78 is 36.9. The Bertz CT molecular complexity index is 622. The monoisotopic (exact) mass is 337 g/mol. The summed E-state index contributed by atoms with van der Waals surface area (Å²) in [5.41, 5.74) is 0. The van der Waals surface area contributed by atoms with Crippen molar-refractivity contribution < 1.29 is 23.4 Å². The fourth-order valence-corrected chi connectivity index (χ4v) is 2.10. The van der Waals surface area contributed by atoms with Crippen LogP contribution in [0.1, 0.15) is 0 Å². The van der Waals surface area contributed by atoms with Crippen molar-refractivity contribution in [3.8, 4) is 11.5 Å². The Balaban J connectivity index is 1.65. The predicted octanol–water partition coefficient (Wildman–Crippen LogP) is 2.72. The molecule has 0 fully saturated rings. The van der Waals surface area contributed by atoms with Gasteiger partial charge in [-0.1, -0.05) is 12.1 Å². The predicted molar refractivity (Wildman–Crippen MR) is 87.3 cm³/mol. The lowest BCUT2D eigenvalue weighted by atomic mass is 10.3. The molecule has 0 radical (unpaired) electrons. The van der Waals surface area contributed by atoms with Crippen LogP contribution >= 0.6 is 0 Å². The van der Waals surface area contributed by atoms with Crippen LogP contribution in [-0.2, 0) is 0 Å². The molecule has 0 saturated heterocycles. The molecule has 0 bridgehead atoms. The number of nitrogens with zero attached hydrogens (tertiary/aromatic N) is 1. The molecule has 0 aliphatic carbocycles. The molecule has 24 heavy (non-hydrogen) atoms. The number of benzene rings is 2. The van der Waals surface area contributed by atoms with Gasteiger partial charge in [-0.2, -0.15) is 0 Å². The fraction of sp³-hybridized carbons (Fsp3) is 0.333. The number of aliphatic hydroxyl groups is 1. The molecule has 2 aromatic carbocycles. The third-order valence-corrected chi connectivity index (χ3v) is 3.35. The molecular weight excluding hydrogens is 316 g/mol. The highest BCUT2D eigenvalue weighted by molar-refractivity contribution is 5.23. The van der Waals surface area contributed by atoms with Gasteiger partial charge >= 0.3 is 0 Å². The second-order valence-electron chi connectivity index (χ2n) is 5.46. The molecule has 0 heterocycles. The van der Waals surface area contributed by atoms with Crippen LogP contribution in [0.15, 0.2) is 48.5 Å². The summed E-state index contributed by atoms with van der Waals surface area (Å²) in [5, 5.41) is 9.95. The highest BCUT2D eigenvalue weighted by Crippen LogP contribution is 2.15. The Morgan fingerprint density at radius 1 is 1.04 bits per heavy atom. The van der Waals surface area contributed by atoms with E-state index in [1.54, 1.807) is 24.3 Å². The molecular formula is C18H21F2NO3. The molecule has 2 aromatic rings. The van der Waals surface area contributed by atoms with Crippen molar-refractivity contribution in [3.05, 3.63) is 60.2 Å². The van der Waals surface area contributed by atoms with Crippen LogP contribution in [0.4, 0.5) is 8.78 Å². The van der Waals surface area contributed by atoms with Crippen LogP contribution in [0.5, 0.6) is 11.5 Å². The number of halogens is 2. The van der Waals surface area contributed by atoms with Crippen molar-refractivity contribution in [2.24, 2.45) is 0 Å². The van der Waals surface area contributed by atoms with E-state index in [0.717, 1.165) is 0 Å². The van der Waals surface area contributed by atoms with Gasteiger partial charge in [-0.05, 0) is 43.4 Å². The van der Waals surface area contributed by atoms with Gasteiger partial charge in [0.2, 0.25) is 0 Å². The van der Waals surface area contributed by atoms with E-state index in [1.807, 2.05) is 11.9 Å². The summed E-state index contributed by atoms with van der Waals surface area (Å²) in [6.07, 6.45) is -0.750. The molecule has 0 aromatic heterocycles. The molecule has 6 heteroatoms. The van der Waals surface area contributed by atoms with Crippen LogP contribution in [0, 0.1) is 11.6 Å². The van der Waals surface area contributed by atoms with Gasteiger partial charge in [0, 0.05) is 13.1 Å². The first-order valence-electron chi connectivity index (χ1n) is 7.67. The molecule has 0 amide bonds. The second kappa shape index (κ2) is 9.20. The van der Waals surface area contributed by atoms with Gasteiger partial charge in [-0.25, -0.2) is 8.78 Å². The van der Waals surface area contributed by atoms with Crippen molar-refractivity contribution in [1.29, 1.82) is 0 Å². The fourth-order valence-electron chi connectivity index (χ4n) is 2.10. The summed E-state index contributed by atoms with van der Waals surface area (Å²) >= 11 is 0. The molecule has 1 atom stereocenters. The van der Waals surface area contributed by atoms with Gasteiger partial charge in [0.25, 0.3) is 0 Å². The van der Waals surface area contributed by atoms with Crippen molar-refractivity contribution >= 4 is 0 Å². The van der Waals surface area contributed by atoms with Crippen molar-refractivity contribution in [2.75, 3.05) is 33.4 Å². The van der Waals surface area contributed by atoms with Gasteiger partial charge in [-0.15, -0.1) is 0 Å². The van der Waals surface area contributed by atoms with E-state index in [1.165, 1.54) is 24.3 Å². The van der Waals surface area contributed by atoms with Gasteiger partial charge in [0.05, 0.1) is 0 Å². The maximum absolute atomic E-state index is 13.4. The number of hydrogen-bond donors (Lipinski definition) is 1. The first-order chi connectivity index (χ1) is 11.5. The molecule has 0 saturated carbocycles. The Hall–Kier alpha value is -2.18. The number of rotatable bonds is 9. The summed E-state index contributed by atoms with van der Waals surface area (Å²) in [7, 11) is 1.83. The minimum absolute atomic E-state index is 0.00406. The maximum Gasteiger partial charge on any atom is 0.165 e. The quantitative estimate of drug-likeness (QED) is 0.764. The Morgan fingerprint density at radius 3 is 2.46 bits per heavy atom. The van der Waals surface area contributed by atoms with E-state index >= 15 is 0 Å². The van der Waals surface area contributed by atoms with E-state index in [2.05, 4.69) is 0 Å². The molecule has 1 unspecified atom stereocenters. The standard InChI is InChI=1S/C18H21F2NO3/c1-21(10-11-23-16-8-6-14(19)7-9-16)12-15(22)13-24-18-5-3-2-4-17(18)20/h2-9,15,22H,10-13H2,1H3. The highest BCUT2D eigenvalue weighted by atomic mass is 19.1. The maximum atomic E-state index is 13.4. The second-order valence-corrected chi connectivity index (χ2v) is 5.46. The van der Waals surface area contributed by atoms with E-state index in [-0.39, 0.29) is 18.2 Å². The molecule has 130 valence electrons. The van der Waals surface area contributed by atoms with E-state index < -0.39 is 11.9 Å². The lowest BCUT2D eigenvalue weighted by Crippen LogP contribution is -2.35. The van der Waals surface area contributed by atoms with Gasteiger partial charge in [0.1, 0.15) is 30.9 Å². The minimum atomic E-state index is -0.750. The van der Waals surface area contributed by atoms with Crippen LogP contribution in [0.25, 0.3) is 0 Å². The van der Waals surface area contributed by atoms with Crippen molar-refractivity contribution in [2.45, 2.75) is 6.10 Å². The third-order valence-electron chi connectivity index (χ3n) is 3.35. The first-order valence-corrected chi connectivity index (χ1v) is 7.67. The lowest BCUT2D eigenvalue weighted by Gasteiger charge is -2.21. The summed E-state index contributed by atoms with van der Waals surface area (Å²) in [4.78, 5) is 1.87. The third kappa shape index (κ3) is 6.14. The SMILES string of the molecule is CN(CCOc1ccc(F)cc1)CC(O)COc1ccccc1F. The number of para-hydroxylation sites is 1. The normalized spacial score (nSPS) is 12.2. The zero-order valence-electron chi connectivity index (χ0n) is 13.5. The molecule has 0 spiro atoms. The van der Waals surface area contributed by atoms with E-state index in [0.29, 0.717) is 25.4 Å². The zero-order valence-corrected chi connectivity index (χ0v) is 13.5. The first kappa shape index (κ1) is 18.2. The number of hydrogen-bond acceptors (Lipinski definition) is 4. The Morgan fingerprint density at radius 2 is 1.75 bits per heavy atom. The molecule has 0 aliphatic heterocycles. The summed E-state index contributed by atoms with van der Waals surface area (Å²) in [5.74, 6) is -0.0460. The Kier molecular flexibility index (Phi) is 6.96. The topological polar surface area (TPSA) is 41.9 Å². The highest BCUT2D eigenvalue weighted by Gasteiger charge is 2.11. The molecule has 0 aliphatic rings. The van der Waals surface area contributed by atoms with Crippen molar-refractivity contribution in [1.82, 2.24) is 4.90 Å². The number of aliphatic hydroxyl groups excluding tert-OH is 1. The largest absolute Gasteiger partial charge is 0.492 e. The average Bonchev–Trinajstić information content (AvgIpc) is 2.56. The van der Waals surface area contributed by atoms with Gasteiger partial charge in [-0.3, -0.25) is 0 Å². The van der Waals surface area contributed by atoms with Crippen LogP contribution in [0.3, 0.4) is 0 Å². The van der Waals surface area contributed by atoms with E-state index in [4.69, 9.17) is 9.47 Å². The summed E-state index contributed by atoms with van der Waals surface area (Å²) in [6.45, 7) is 1.35. The smallest absolute Gasteiger partial charge is 0.165 e. The number of ether oxygens (including phenoxy) is 2. The van der Waals surface area contributed by atoms with Crippen LogP contribution in [0.2, 0.25) is 0 Å². The molecule has 4 nitrogen and oxygen atoms in total. The van der Waals surface area contributed by atoms with Crippen molar-refractivity contribution in [3.63, 3.8) is 0 Å². The summed E-state index contributed by atoms with van der Waals surface area (Å²) in [6, 6.07) is 11.9. The van der Waals surface area contributed by atoms with Gasteiger partial charge < -0.3 is 19.5 Å². The molecule has 1 N–H and O–H groups in total. The number of likely N-dealkylation sites (N-methyl/N-ethyl adjacent to an activating group) is 1. The minimum Gasteiger partial charge on any atom is -0.492 e. The average molecular weight is 337 g/mol. The van der Waals surface area contributed by atoms with Crippen LogP contribution < -0.4 is 9.47 Å². The van der Waals surface area contributed by atoms with Gasteiger partial charge in [0.15, 0.2) is 11.6 Å². The lowest BCUT2D eigenvalue weighted by molar-refractivity contribution is 0.0708.